The fourth-order valence-electron chi connectivity index (χ4n) is 1.80. The van der Waals surface area contributed by atoms with E-state index in [4.69, 9.17) is 4.74 Å². The van der Waals surface area contributed by atoms with Gasteiger partial charge in [0.15, 0.2) is 6.73 Å². The molecule has 2 aromatic carbocycles. The van der Waals surface area contributed by atoms with E-state index in [0.29, 0.717) is 17.0 Å². The van der Waals surface area contributed by atoms with Gasteiger partial charge in [0.1, 0.15) is 5.75 Å². The first-order valence-corrected chi connectivity index (χ1v) is 7.01. The fourth-order valence-corrected chi connectivity index (χ4v) is 1.80. The normalized spacial score (nSPS) is 9.83. The monoisotopic (exact) mass is 314 g/mol. The van der Waals surface area contributed by atoms with Crippen molar-refractivity contribution < 1.29 is 19.1 Å². The second-order valence-electron chi connectivity index (χ2n) is 4.80. The van der Waals surface area contributed by atoms with Crippen LogP contribution in [0.5, 0.6) is 5.75 Å². The average molecular weight is 314 g/mol. The summed E-state index contributed by atoms with van der Waals surface area (Å²) in [6.07, 6.45) is 0. The summed E-state index contributed by atoms with van der Waals surface area (Å²) >= 11 is 0. The quantitative estimate of drug-likeness (QED) is 0.657. The molecule has 23 heavy (non-hydrogen) atoms. The van der Waals surface area contributed by atoms with E-state index < -0.39 is 12.0 Å². The number of esters is 1. The molecule has 0 aliphatic carbocycles. The Bertz CT molecular complexity index is 666. The number of amides is 2. The Hall–Kier alpha value is -3.02. The van der Waals surface area contributed by atoms with Crippen molar-refractivity contribution in [3.05, 3.63) is 59.7 Å². The summed E-state index contributed by atoms with van der Waals surface area (Å²) in [7, 11) is 1.32. The summed E-state index contributed by atoms with van der Waals surface area (Å²) in [5, 5.41) is 5.22. The maximum atomic E-state index is 11.7. The fraction of sp³-hybridized carbons (Fsp3) is 0.176. The number of aryl methyl sites for hydroxylation is 1. The zero-order chi connectivity index (χ0) is 16.7. The summed E-state index contributed by atoms with van der Waals surface area (Å²) in [4.78, 5) is 23.0. The van der Waals surface area contributed by atoms with Crippen molar-refractivity contribution in [2.24, 2.45) is 0 Å². The van der Waals surface area contributed by atoms with Crippen molar-refractivity contribution in [3.8, 4) is 5.75 Å². The molecular formula is C17H18N2O4. The number of methoxy groups -OCH3 is 1. The Kier molecular flexibility index (Phi) is 5.57. The average Bonchev–Trinajstić information content (AvgIpc) is 2.56. The number of carbonyl (C=O) groups is 2. The number of urea groups is 1. The Balaban J connectivity index is 1.78. The number of rotatable bonds is 5. The summed E-state index contributed by atoms with van der Waals surface area (Å²) in [6.45, 7) is 2.04. The number of hydrogen-bond donors (Lipinski definition) is 2. The van der Waals surface area contributed by atoms with Gasteiger partial charge in [0.25, 0.3) is 0 Å². The van der Waals surface area contributed by atoms with Crippen LogP contribution in [0, 0.1) is 6.92 Å². The van der Waals surface area contributed by atoms with Gasteiger partial charge in [-0.05, 0) is 43.3 Å². The Morgan fingerprint density at radius 3 is 2.26 bits per heavy atom. The number of anilines is 1. The third-order valence-corrected chi connectivity index (χ3v) is 3.06. The maximum absolute atomic E-state index is 11.7. The van der Waals surface area contributed by atoms with Crippen molar-refractivity contribution in [2.75, 3.05) is 19.2 Å². The summed E-state index contributed by atoms with van der Waals surface area (Å²) < 4.78 is 10.0. The molecule has 0 aliphatic heterocycles. The summed E-state index contributed by atoms with van der Waals surface area (Å²) in [5.74, 6) is 0.255. The van der Waals surface area contributed by atoms with E-state index in [2.05, 4.69) is 15.4 Å². The highest BCUT2D eigenvalue weighted by atomic mass is 16.5. The van der Waals surface area contributed by atoms with Crippen LogP contribution in [-0.2, 0) is 4.74 Å². The number of ether oxygens (including phenoxy) is 2. The molecular weight excluding hydrogens is 296 g/mol. The van der Waals surface area contributed by atoms with Crippen LogP contribution in [-0.4, -0.2) is 25.8 Å². The molecule has 2 amide bonds. The topological polar surface area (TPSA) is 76.7 Å². The highest BCUT2D eigenvalue weighted by Crippen LogP contribution is 2.11. The maximum Gasteiger partial charge on any atom is 0.337 e. The third-order valence-electron chi connectivity index (χ3n) is 3.06. The van der Waals surface area contributed by atoms with Gasteiger partial charge in [-0.2, -0.15) is 0 Å². The lowest BCUT2D eigenvalue weighted by Gasteiger charge is -2.10. The lowest BCUT2D eigenvalue weighted by atomic mass is 10.2. The van der Waals surface area contributed by atoms with E-state index in [9.17, 15) is 9.59 Å². The molecule has 0 heterocycles. The smallest absolute Gasteiger partial charge is 0.337 e. The molecule has 0 aliphatic rings. The van der Waals surface area contributed by atoms with Crippen LogP contribution in [0.1, 0.15) is 15.9 Å². The molecule has 0 saturated carbocycles. The molecule has 0 aromatic heterocycles. The number of hydrogen-bond acceptors (Lipinski definition) is 4. The first kappa shape index (κ1) is 16.4. The van der Waals surface area contributed by atoms with Crippen LogP contribution >= 0.6 is 0 Å². The second-order valence-corrected chi connectivity index (χ2v) is 4.80. The largest absolute Gasteiger partial charge is 0.473 e. The van der Waals surface area contributed by atoms with Gasteiger partial charge >= 0.3 is 12.0 Å². The molecule has 2 rings (SSSR count). The van der Waals surface area contributed by atoms with Crippen molar-refractivity contribution in [2.45, 2.75) is 6.92 Å². The van der Waals surface area contributed by atoms with Crippen LogP contribution in [0.2, 0.25) is 0 Å². The van der Waals surface area contributed by atoms with Crippen molar-refractivity contribution in [1.82, 2.24) is 5.32 Å². The predicted octanol–water partition coefficient (Wildman–Crippen LogP) is 2.94. The molecule has 0 radical (unpaired) electrons. The van der Waals surface area contributed by atoms with Gasteiger partial charge in [-0.3, -0.25) is 0 Å². The molecule has 6 nitrogen and oxygen atoms in total. The second kappa shape index (κ2) is 7.84. The van der Waals surface area contributed by atoms with E-state index in [1.54, 1.807) is 24.3 Å². The molecule has 0 atom stereocenters. The first-order chi connectivity index (χ1) is 11.1. The molecule has 0 fully saturated rings. The Morgan fingerprint density at radius 1 is 1.00 bits per heavy atom. The molecule has 2 N–H and O–H groups in total. The molecule has 0 unspecified atom stereocenters. The van der Waals surface area contributed by atoms with E-state index in [1.165, 1.54) is 7.11 Å². The standard InChI is InChI=1S/C17H18N2O4/c1-12-3-9-15(10-4-12)23-11-18-17(21)19-14-7-5-13(6-8-14)16(20)22-2/h3-10H,11H2,1-2H3,(H2,18,19,21). The van der Waals surface area contributed by atoms with Crippen LogP contribution in [0.25, 0.3) is 0 Å². The van der Waals surface area contributed by atoms with Crippen LogP contribution in [0.3, 0.4) is 0 Å². The van der Waals surface area contributed by atoms with E-state index >= 15 is 0 Å². The zero-order valence-electron chi connectivity index (χ0n) is 13.0. The van der Waals surface area contributed by atoms with Gasteiger partial charge < -0.3 is 20.1 Å². The van der Waals surface area contributed by atoms with Crippen molar-refractivity contribution in [1.29, 1.82) is 0 Å². The zero-order valence-corrected chi connectivity index (χ0v) is 13.0. The molecule has 0 spiro atoms. The molecule has 0 saturated heterocycles. The number of benzene rings is 2. The molecule has 0 bridgehead atoms. The number of carbonyl (C=O) groups excluding carboxylic acids is 2. The van der Waals surface area contributed by atoms with E-state index in [0.717, 1.165) is 5.56 Å². The first-order valence-electron chi connectivity index (χ1n) is 7.01. The van der Waals surface area contributed by atoms with E-state index in [-0.39, 0.29) is 6.73 Å². The minimum absolute atomic E-state index is 0.0507. The van der Waals surface area contributed by atoms with Gasteiger partial charge in [-0.1, -0.05) is 17.7 Å². The Labute approximate surface area is 134 Å². The number of nitrogens with one attached hydrogen (secondary N) is 2. The van der Waals surface area contributed by atoms with Crippen molar-refractivity contribution in [3.63, 3.8) is 0 Å². The van der Waals surface area contributed by atoms with Crippen molar-refractivity contribution >= 4 is 17.7 Å². The molecule has 6 heteroatoms. The lowest BCUT2D eigenvalue weighted by molar-refractivity contribution is 0.0600. The van der Waals surface area contributed by atoms with Gasteiger partial charge in [0.05, 0.1) is 12.7 Å². The van der Waals surface area contributed by atoms with Gasteiger partial charge in [-0.15, -0.1) is 0 Å². The van der Waals surface area contributed by atoms with Gasteiger partial charge in [-0.25, -0.2) is 9.59 Å². The minimum atomic E-state index is -0.424. The third kappa shape index (κ3) is 5.03. The van der Waals surface area contributed by atoms with Crippen LogP contribution < -0.4 is 15.4 Å². The Morgan fingerprint density at radius 2 is 1.65 bits per heavy atom. The summed E-state index contributed by atoms with van der Waals surface area (Å²) in [5.41, 5.74) is 2.12. The lowest BCUT2D eigenvalue weighted by Crippen LogP contribution is -2.32. The summed E-state index contributed by atoms with van der Waals surface area (Å²) in [6, 6.07) is 13.5. The van der Waals surface area contributed by atoms with Crippen LogP contribution in [0.4, 0.5) is 10.5 Å². The highest BCUT2D eigenvalue weighted by molar-refractivity contribution is 5.92. The predicted molar refractivity (Wildman–Crippen MR) is 86.6 cm³/mol. The molecule has 120 valence electrons. The van der Waals surface area contributed by atoms with E-state index in [1.807, 2.05) is 31.2 Å². The minimum Gasteiger partial charge on any atom is -0.473 e. The molecule has 2 aromatic rings. The van der Waals surface area contributed by atoms with Gasteiger partial charge in [0.2, 0.25) is 0 Å². The van der Waals surface area contributed by atoms with Gasteiger partial charge in [0, 0.05) is 5.69 Å². The van der Waals surface area contributed by atoms with Crippen LogP contribution in [0.15, 0.2) is 48.5 Å². The SMILES string of the molecule is COC(=O)c1ccc(NC(=O)NCOc2ccc(C)cc2)cc1. The highest BCUT2D eigenvalue weighted by Gasteiger charge is 2.06.